The second-order valence-corrected chi connectivity index (χ2v) is 16.6. The molecular formula is C38H48N2O4. The Bertz CT molecular complexity index is 1610. The highest BCUT2D eigenvalue weighted by molar-refractivity contribution is 5.98. The van der Waals surface area contributed by atoms with Crippen molar-refractivity contribution in [3.63, 3.8) is 0 Å². The first-order valence-corrected chi connectivity index (χ1v) is 16.8. The van der Waals surface area contributed by atoms with Gasteiger partial charge < -0.3 is 5.11 Å². The van der Waals surface area contributed by atoms with Crippen LogP contribution < -0.4 is 0 Å². The van der Waals surface area contributed by atoms with E-state index in [1.54, 1.807) is 37.4 Å². The van der Waals surface area contributed by atoms with Gasteiger partial charge in [0.15, 0.2) is 5.78 Å². The molecule has 6 heteroatoms. The SMILES string of the molecule is C[C@H]1[C@H](C)CC[C@]2(C)CC[C@]3(C)C(=CC(=O)[C@@H]4[C@@]5(C)Cc6cnn(C(=O)c7ccccc7)c6[C@](C)(C(=O)O)[C@@H]5CC[C@]43C)[C@H]12. The van der Waals surface area contributed by atoms with Gasteiger partial charge in [-0.25, -0.2) is 0 Å². The molecule has 5 aliphatic rings. The summed E-state index contributed by atoms with van der Waals surface area (Å²) < 4.78 is 1.34. The summed E-state index contributed by atoms with van der Waals surface area (Å²) in [5.74, 6) is -0.144. The van der Waals surface area contributed by atoms with Crippen molar-refractivity contribution in [3.05, 3.63) is 65.0 Å². The third kappa shape index (κ3) is 3.49. The van der Waals surface area contributed by atoms with Crippen LogP contribution in [0, 0.1) is 51.2 Å². The summed E-state index contributed by atoms with van der Waals surface area (Å²) in [6.07, 6.45) is 10.5. The minimum Gasteiger partial charge on any atom is -0.481 e. The molecule has 1 heterocycles. The predicted octanol–water partition coefficient (Wildman–Crippen LogP) is 7.51. The Kier molecular flexibility index (Phi) is 6.25. The standard InChI is InChI=1S/C38H48N2O4/c1-22-13-15-34(3)17-18-36(5)26(29(34)23(22)2)19-27(41)30-35(4)20-25-21-39-40(32(42)24-11-9-8-10-12-24)31(25)38(7,33(43)44)28(35)14-16-37(30,36)6/h8-12,19,21-23,28-30H,13-18,20H2,1-7H3,(H,43,44)/t22-,23+,28-,29+,30-,34-,35+,36-,37-,38-/m1/s1. The normalized spacial score (nSPS) is 44.3. The molecule has 7 rings (SSSR count). The summed E-state index contributed by atoms with van der Waals surface area (Å²) in [6, 6.07) is 8.94. The van der Waals surface area contributed by atoms with Gasteiger partial charge >= 0.3 is 5.97 Å². The maximum absolute atomic E-state index is 14.8. The molecule has 0 aliphatic heterocycles. The minimum absolute atomic E-state index is 0.123. The molecule has 0 spiro atoms. The summed E-state index contributed by atoms with van der Waals surface area (Å²) >= 11 is 0. The molecule has 3 saturated carbocycles. The van der Waals surface area contributed by atoms with Crippen LogP contribution >= 0.6 is 0 Å². The van der Waals surface area contributed by atoms with E-state index in [-0.39, 0.29) is 39.8 Å². The second kappa shape index (κ2) is 9.26. The number of rotatable bonds is 2. The molecule has 0 bridgehead atoms. The first-order valence-electron chi connectivity index (χ1n) is 16.8. The van der Waals surface area contributed by atoms with Crippen molar-refractivity contribution < 1.29 is 19.5 Å². The fraction of sp³-hybridized carbons (Fsp3) is 0.632. The smallest absolute Gasteiger partial charge is 0.315 e. The maximum atomic E-state index is 14.8. The van der Waals surface area contributed by atoms with Crippen LogP contribution in [-0.2, 0) is 21.4 Å². The van der Waals surface area contributed by atoms with Crippen LogP contribution in [-0.4, -0.2) is 32.5 Å². The quantitative estimate of drug-likeness (QED) is 0.388. The van der Waals surface area contributed by atoms with Gasteiger partial charge in [-0.2, -0.15) is 9.78 Å². The molecule has 44 heavy (non-hydrogen) atoms. The van der Waals surface area contributed by atoms with E-state index in [2.05, 4.69) is 52.7 Å². The molecule has 1 N–H and O–H groups in total. The first-order chi connectivity index (χ1) is 20.6. The summed E-state index contributed by atoms with van der Waals surface area (Å²) in [5.41, 5.74) is 0.975. The molecule has 0 amide bonds. The van der Waals surface area contributed by atoms with Crippen molar-refractivity contribution in [2.24, 2.45) is 51.2 Å². The number of carbonyl (C=O) groups excluding carboxylic acids is 2. The predicted molar refractivity (Wildman–Crippen MR) is 169 cm³/mol. The van der Waals surface area contributed by atoms with Crippen LogP contribution in [0.1, 0.15) is 109 Å². The van der Waals surface area contributed by atoms with E-state index in [1.165, 1.54) is 29.5 Å². The Morgan fingerprint density at radius 1 is 0.955 bits per heavy atom. The maximum Gasteiger partial charge on any atom is 0.315 e. The second-order valence-electron chi connectivity index (χ2n) is 16.6. The van der Waals surface area contributed by atoms with Crippen molar-refractivity contribution >= 4 is 17.7 Å². The van der Waals surface area contributed by atoms with E-state index in [1.807, 2.05) is 6.07 Å². The fourth-order valence-corrected chi connectivity index (χ4v) is 12.0. The average molecular weight is 597 g/mol. The summed E-state index contributed by atoms with van der Waals surface area (Å²) in [5, 5.41) is 15.6. The molecular weight excluding hydrogens is 548 g/mol. The van der Waals surface area contributed by atoms with Gasteiger partial charge in [0.05, 0.1) is 11.9 Å². The molecule has 234 valence electrons. The molecule has 0 saturated heterocycles. The van der Waals surface area contributed by atoms with E-state index < -0.39 is 16.8 Å². The van der Waals surface area contributed by atoms with E-state index in [0.717, 1.165) is 18.4 Å². The largest absolute Gasteiger partial charge is 0.481 e. The van der Waals surface area contributed by atoms with Gasteiger partial charge in [-0.15, -0.1) is 0 Å². The van der Waals surface area contributed by atoms with Gasteiger partial charge in [0.25, 0.3) is 5.91 Å². The van der Waals surface area contributed by atoms with Crippen molar-refractivity contribution in [1.82, 2.24) is 9.78 Å². The van der Waals surface area contributed by atoms with E-state index >= 15 is 0 Å². The molecule has 10 atom stereocenters. The highest BCUT2D eigenvalue weighted by atomic mass is 16.4. The van der Waals surface area contributed by atoms with Gasteiger partial charge in [0, 0.05) is 11.5 Å². The number of aromatic nitrogens is 2. The molecule has 0 radical (unpaired) electrons. The van der Waals surface area contributed by atoms with Crippen LogP contribution in [0.3, 0.4) is 0 Å². The molecule has 5 aliphatic carbocycles. The lowest BCUT2D eigenvalue weighted by molar-refractivity contribution is -0.181. The minimum atomic E-state index is -1.37. The molecule has 3 fully saturated rings. The van der Waals surface area contributed by atoms with Crippen LogP contribution in [0.25, 0.3) is 0 Å². The number of ketones is 1. The Hall–Kier alpha value is -3.02. The van der Waals surface area contributed by atoms with Crippen molar-refractivity contribution in [2.75, 3.05) is 0 Å². The number of carboxylic acid groups (broad SMARTS) is 1. The Morgan fingerprint density at radius 3 is 2.34 bits per heavy atom. The summed E-state index contributed by atoms with van der Waals surface area (Å²) in [4.78, 5) is 41.9. The highest BCUT2D eigenvalue weighted by Crippen LogP contribution is 2.74. The van der Waals surface area contributed by atoms with Crippen LogP contribution in [0.5, 0.6) is 0 Å². The van der Waals surface area contributed by atoms with Crippen LogP contribution in [0.15, 0.2) is 48.2 Å². The highest BCUT2D eigenvalue weighted by Gasteiger charge is 2.72. The third-order valence-electron chi connectivity index (χ3n) is 14.7. The third-order valence-corrected chi connectivity index (χ3v) is 14.7. The number of nitrogens with zero attached hydrogens (tertiary/aromatic N) is 2. The fourth-order valence-electron chi connectivity index (χ4n) is 12.0. The number of allylic oxidation sites excluding steroid dienone is 2. The zero-order valence-corrected chi connectivity index (χ0v) is 27.4. The average Bonchev–Trinajstić information content (AvgIpc) is 3.40. The van der Waals surface area contributed by atoms with E-state index in [4.69, 9.17) is 0 Å². The number of carbonyl (C=O) groups is 3. The van der Waals surface area contributed by atoms with Crippen molar-refractivity contribution in [1.29, 1.82) is 0 Å². The van der Waals surface area contributed by atoms with Crippen molar-refractivity contribution in [3.8, 4) is 0 Å². The van der Waals surface area contributed by atoms with E-state index in [0.29, 0.717) is 41.9 Å². The van der Waals surface area contributed by atoms with E-state index in [9.17, 15) is 19.5 Å². The van der Waals surface area contributed by atoms with Gasteiger partial charge in [-0.05, 0) is 121 Å². The Labute approximate surface area is 261 Å². The number of carboxylic acids is 1. The monoisotopic (exact) mass is 596 g/mol. The van der Waals surface area contributed by atoms with Gasteiger partial charge in [0.1, 0.15) is 5.41 Å². The van der Waals surface area contributed by atoms with Gasteiger partial charge in [0.2, 0.25) is 0 Å². The molecule has 1 aromatic heterocycles. The lowest BCUT2D eigenvalue weighted by Gasteiger charge is -2.70. The number of hydrogen-bond acceptors (Lipinski definition) is 4. The van der Waals surface area contributed by atoms with Gasteiger partial charge in [-0.1, -0.05) is 65.3 Å². The topological polar surface area (TPSA) is 89.3 Å². The Balaban J connectivity index is 1.37. The molecule has 0 unspecified atom stereocenters. The van der Waals surface area contributed by atoms with Crippen molar-refractivity contribution in [2.45, 2.75) is 98.8 Å². The number of benzene rings is 1. The number of fused-ring (bicyclic) bond motifs is 8. The zero-order valence-electron chi connectivity index (χ0n) is 27.4. The number of hydrogen-bond donors (Lipinski definition) is 1. The lowest BCUT2D eigenvalue weighted by atomic mass is 9.33. The van der Waals surface area contributed by atoms with Crippen LogP contribution in [0.2, 0.25) is 0 Å². The number of aliphatic carboxylic acids is 1. The molecule has 1 aromatic carbocycles. The first kappa shape index (κ1) is 29.7. The summed E-state index contributed by atoms with van der Waals surface area (Å²) in [7, 11) is 0. The summed E-state index contributed by atoms with van der Waals surface area (Å²) in [6.45, 7) is 16.0. The van der Waals surface area contributed by atoms with Crippen LogP contribution in [0.4, 0.5) is 0 Å². The Morgan fingerprint density at radius 2 is 1.66 bits per heavy atom. The van der Waals surface area contributed by atoms with Gasteiger partial charge in [-0.3, -0.25) is 14.4 Å². The lowest BCUT2D eigenvalue weighted by Crippen LogP contribution is -2.67. The molecule has 2 aromatic rings. The molecule has 6 nitrogen and oxygen atoms in total. The zero-order chi connectivity index (χ0) is 31.6.